The van der Waals surface area contributed by atoms with Crippen LogP contribution in [0.2, 0.25) is 0 Å². The predicted octanol–water partition coefficient (Wildman–Crippen LogP) is 0.0892. The molecule has 0 saturated heterocycles. The van der Waals surface area contributed by atoms with Gasteiger partial charge in [0.2, 0.25) is 0 Å². The monoisotopic (exact) mass is 218 g/mol. The average Bonchev–Trinajstić information content (AvgIpc) is 2.14. The summed E-state index contributed by atoms with van der Waals surface area (Å²) in [5.74, 6) is 0. The van der Waals surface area contributed by atoms with Crippen molar-refractivity contribution in [2.24, 2.45) is 0 Å². The Morgan fingerprint density at radius 3 is 3.00 bits per heavy atom. The van der Waals surface area contributed by atoms with Crippen LogP contribution in [0.3, 0.4) is 0 Å². The second kappa shape index (κ2) is 2.88. The fraction of sp³-hybridized carbons (Fsp3) is 0. The van der Waals surface area contributed by atoms with Crippen molar-refractivity contribution in [2.75, 3.05) is 0 Å². The first-order valence-corrected chi connectivity index (χ1v) is 7.79. The molecule has 1 rings (SSSR count). The van der Waals surface area contributed by atoms with Crippen LogP contribution in [0.4, 0.5) is 0 Å². The molecule has 0 fully saturated rings. The minimum atomic E-state index is -0.0632. The van der Waals surface area contributed by atoms with Crippen LogP contribution in [0.5, 0.6) is 0 Å². The van der Waals surface area contributed by atoms with Crippen molar-refractivity contribution in [1.29, 1.82) is 0 Å². The van der Waals surface area contributed by atoms with Gasteiger partial charge in [-0.05, 0) is 3.95 Å². The number of aromatic amines is 1. The lowest BCUT2D eigenvalue weighted by molar-refractivity contribution is 1.41. The first kappa shape index (κ1) is 5.84. The molecule has 1 aromatic heterocycles. The van der Waals surface area contributed by atoms with Gasteiger partial charge in [0.05, 0.1) is 0 Å². The van der Waals surface area contributed by atoms with Crippen molar-refractivity contribution in [2.45, 2.75) is 0 Å². The number of H-pyrrole nitrogens is 1. The normalized spacial score (nSPS) is 8.14. The molecule has 0 spiro atoms. The maximum Gasteiger partial charge on any atom is 0.557 e. The molecule has 34 valence electrons. The number of imidazole rings is 1. The van der Waals surface area contributed by atoms with E-state index in [2.05, 4.69) is 28.8 Å². The summed E-state index contributed by atoms with van der Waals surface area (Å²) in [6, 6.07) is 0. The predicted molar refractivity (Wildman–Crippen MR) is 38.0 cm³/mol. The summed E-state index contributed by atoms with van der Waals surface area (Å²) < 4.78 is 1.18. The van der Waals surface area contributed by atoms with E-state index < -0.39 is 0 Å². The topological polar surface area (TPSA) is 28.7 Å². The molecule has 0 aliphatic heterocycles. The zero-order chi connectivity index (χ0) is 5.11. The van der Waals surface area contributed by atoms with Crippen LogP contribution in [-0.4, -0.2) is 26.4 Å². The molecule has 0 aromatic carbocycles. The Labute approximate surface area is 61.2 Å². The van der Waals surface area contributed by atoms with Crippen LogP contribution in [0, 0.1) is 0 Å². The van der Waals surface area contributed by atoms with E-state index in [4.69, 9.17) is 0 Å². The molecule has 4 heteroatoms. The van der Waals surface area contributed by atoms with Crippen molar-refractivity contribution >= 4 is 39.3 Å². The van der Waals surface area contributed by atoms with E-state index in [0.717, 1.165) is 0 Å². The minimum absolute atomic E-state index is 0.0632. The van der Waals surface area contributed by atoms with Gasteiger partial charge < -0.3 is 4.98 Å². The number of rotatable bonds is 1. The zero-order valence-corrected chi connectivity index (χ0v) is 7.26. The Balaban J connectivity index is 2.76. The molecule has 0 radical (unpaired) electrons. The van der Waals surface area contributed by atoms with E-state index in [1.165, 1.54) is 3.95 Å². The van der Waals surface area contributed by atoms with Gasteiger partial charge in [-0.25, -0.2) is 0 Å². The summed E-state index contributed by atoms with van der Waals surface area (Å²) in [7, 11) is 0. The van der Waals surface area contributed by atoms with Gasteiger partial charge in [-0.3, -0.25) is 23.8 Å². The summed E-state index contributed by atoms with van der Waals surface area (Å²) in [6.45, 7) is 0. The van der Waals surface area contributed by atoms with Gasteiger partial charge in [0.1, 0.15) is 0 Å². The Hall–Kier alpha value is 0.706. The maximum atomic E-state index is 4.03. The van der Waals surface area contributed by atoms with Crippen molar-refractivity contribution in [1.82, 2.24) is 9.97 Å². The van der Waals surface area contributed by atoms with Gasteiger partial charge in [0.25, 0.3) is 0 Å². The van der Waals surface area contributed by atoms with E-state index in [1.54, 1.807) is 6.20 Å². The van der Waals surface area contributed by atoms with Crippen LogP contribution < -0.4 is 3.95 Å². The highest BCUT2D eigenvalue weighted by Gasteiger charge is 1.92. The number of hydrogen-bond acceptors (Lipinski definition) is 1. The lowest BCUT2D eigenvalue weighted by atomic mass is 11.0. The highest BCUT2D eigenvalue weighted by molar-refractivity contribution is 14.1. The molecule has 1 aromatic rings. The average molecular weight is 218 g/mol. The highest BCUT2D eigenvalue weighted by atomic mass is 127. The Morgan fingerprint density at radius 2 is 2.71 bits per heavy atom. The van der Waals surface area contributed by atoms with Gasteiger partial charge in [-0.1, -0.05) is 0 Å². The molecule has 2 nitrogen and oxygen atoms in total. The second-order valence-electron chi connectivity index (χ2n) is 1.17. The van der Waals surface area contributed by atoms with E-state index in [0.29, 0.717) is 0 Å². The quantitative estimate of drug-likeness (QED) is 0.525. The summed E-state index contributed by atoms with van der Waals surface area (Å²) in [6.07, 6.45) is 3.65. The summed E-state index contributed by atoms with van der Waals surface area (Å²) in [5, 5.41) is 0. The smallest absolute Gasteiger partial charge is 0.374 e. The third-order valence-corrected chi connectivity index (χ3v) is 3.49. The molecular weight excluding hydrogens is 215 g/mol. The third kappa shape index (κ3) is 1.58. The van der Waals surface area contributed by atoms with Gasteiger partial charge in [-0.15, -0.1) is 0 Å². The molecule has 0 aliphatic carbocycles. The molecule has 0 aliphatic rings. The van der Waals surface area contributed by atoms with Crippen LogP contribution >= 0.6 is 18.9 Å². The summed E-state index contributed by atoms with van der Waals surface area (Å²) >= 11 is 2.33. The van der Waals surface area contributed by atoms with Crippen LogP contribution in [-0.2, 0) is 0 Å². The van der Waals surface area contributed by atoms with Gasteiger partial charge in [0.15, 0.2) is 0 Å². The van der Waals surface area contributed by atoms with Crippen molar-refractivity contribution in [3.8, 4) is 0 Å². The van der Waals surface area contributed by atoms with E-state index >= 15 is 0 Å². The SMILES string of the molecule is [I][Mg][c]1ncc[nH]1. The lowest BCUT2D eigenvalue weighted by Crippen LogP contribution is -2.11. The maximum absolute atomic E-state index is 4.03. The van der Waals surface area contributed by atoms with Crippen LogP contribution in [0.15, 0.2) is 12.4 Å². The molecular formula is C3H3IMgN2. The molecule has 1 heterocycles. The Bertz CT molecular complexity index is 127. The van der Waals surface area contributed by atoms with E-state index in [-0.39, 0.29) is 16.5 Å². The van der Waals surface area contributed by atoms with Crippen LogP contribution in [0.25, 0.3) is 0 Å². The number of nitrogens with zero attached hydrogens (tertiary/aromatic N) is 1. The first-order valence-electron chi connectivity index (χ1n) is 1.97. The van der Waals surface area contributed by atoms with E-state index in [1.807, 2.05) is 6.20 Å². The molecule has 1 N–H and O–H groups in total. The van der Waals surface area contributed by atoms with Gasteiger partial charge >= 0.3 is 16.5 Å². The standard InChI is InChI=1S/C3H3N2.HI.Mg/c1-2-5-3-4-1;;/h1-2H,(H,4,5);1H;/q;;+1/p-1. The summed E-state index contributed by atoms with van der Waals surface area (Å²) in [4.78, 5) is 7.06. The number of nitrogens with one attached hydrogen (secondary N) is 1. The minimum Gasteiger partial charge on any atom is -0.374 e. The molecule has 0 saturated carbocycles. The highest BCUT2D eigenvalue weighted by Crippen LogP contribution is 1.72. The van der Waals surface area contributed by atoms with Gasteiger partial charge in [0, 0.05) is 12.4 Å². The Morgan fingerprint density at radius 1 is 1.86 bits per heavy atom. The van der Waals surface area contributed by atoms with Crippen molar-refractivity contribution in [3.05, 3.63) is 12.4 Å². The molecule has 0 atom stereocenters. The fourth-order valence-electron chi connectivity index (χ4n) is 0.371. The van der Waals surface area contributed by atoms with E-state index in [9.17, 15) is 0 Å². The lowest BCUT2D eigenvalue weighted by Gasteiger charge is -1.76. The van der Waals surface area contributed by atoms with Gasteiger partial charge in [-0.2, -0.15) is 0 Å². The molecule has 0 unspecified atom stereocenters. The fourth-order valence-corrected chi connectivity index (χ4v) is 1.99. The van der Waals surface area contributed by atoms with Crippen molar-refractivity contribution in [3.63, 3.8) is 0 Å². The number of halogens is 1. The summed E-state index contributed by atoms with van der Waals surface area (Å²) in [5.41, 5.74) is 0. The van der Waals surface area contributed by atoms with Crippen molar-refractivity contribution < 1.29 is 0 Å². The first-order chi connectivity index (χ1) is 3.43. The number of hydrogen-bond donors (Lipinski definition) is 1. The molecule has 0 amide bonds. The largest absolute Gasteiger partial charge is 0.557 e. The van der Waals surface area contributed by atoms with Crippen LogP contribution in [0.1, 0.15) is 0 Å². The molecule has 0 bridgehead atoms. The zero-order valence-electron chi connectivity index (χ0n) is 3.69. The Kier molecular flexibility index (Phi) is 2.40. The molecule has 7 heavy (non-hydrogen) atoms. The second-order valence-corrected chi connectivity index (χ2v) is 4.39. The number of aromatic nitrogens is 2. The third-order valence-electron chi connectivity index (χ3n) is 0.681.